The molecule has 1 aliphatic carbocycles. The number of rotatable bonds is 7. The van der Waals surface area contributed by atoms with Gasteiger partial charge in [-0.15, -0.1) is 0 Å². The van der Waals surface area contributed by atoms with E-state index >= 15 is 0 Å². The Morgan fingerprint density at radius 1 is 0.974 bits per heavy atom. The number of benzene rings is 3. The molecule has 0 N–H and O–H groups in total. The van der Waals surface area contributed by atoms with Crippen LogP contribution in [0.1, 0.15) is 41.1 Å². The van der Waals surface area contributed by atoms with Crippen molar-refractivity contribution in [3.8, 4) is 11.5 Å². The molecule has 0 aromatic heterocycles. The van der Waals surface area contributed by atoms with E-state index in [9.17, 15) is 13.2 Å². The number of sulfonamides is 1. The van der Waals surface area contributed by atoms with Crippen LogP contribution in [0.25, 0.3) is 0 Å². The largest absolute Gasteiger partial charge is 0.493 e. The second-order valence-electron chi connectivity index (χ2n) is 9.54. The molecule has 2 aliphatic rings. The maximum Gasteiger partial charge on any atom is 0.355 e. The third kappa shape index (κ3) is 4.32. The summed E-state index contributed by atoms with van der Waals surface area (Å²) < 4.78 is 46.4. The second kappa shape index (κ2) is 10.2. The molecule has 0 unspecified atom stereocenters. The number of esters is 1. The fourth-order valence-electron chi connectivity index (χ4n) is 5.61. The van der Waals surface area contributed by atoms with Gasteiger partial charge in [-0.05, 0) is 73.2 Å². The molecule has 3 atom stereocenters. The summed E-state index contributed by atoms with van der Waals surface area (Å²) in [5, 5.41) is 0. The molecule has 0 amide bonds. The highest BCUT2D eigenvalue weighted by atomic mass is 32.2. The lowest BCUT2D eigenvalue weighted by molar-refractivity contribution is -0.140. The molecule has 1 aliphatic heterocycles. The molecule has 3 aromatic carbocycles. The zero-order chi connectivity index (χ0) is 27.0. The van der Waals surface area contributed by atoms with Crippen molar-refractivity contribution in [2.45, 2.75) is 37.1 Å². The van der Waals surface area contributed by atoms with Crippen LogP contribution < -0.4 is 9.47 Å². The maximum atomic E-state index is 14.3. The summed E-state index contributed by atoms with van der Waals surface area (Å²) in [5.74, 6) is 0.0318. The van der Waals surface area contributed by atoms with Crippen LogP contribution >= 0.6 is 0 Å². The van der Waals surface area contributed by atoms with Gasteiger partial charge in [0.15, 0.2) is 11.5 Å². The average molecular weight is 534 g/mol. The van der Waals surface area contributed by atoms with Crippen molar-refractivity contribution >= 4 is 16.0 Å². The monoisotopic (exact) mass is 533 g/mol. The minimum Gasteiger partial charge on any atom is -0.493 e. The number of ether oxygens (including phenoxy) is 3. The third-order valence-electron chi connectivity index (χ3n) is 7.36. The molecular formula is C30H31NO6S. The number of carbonyl (C=O) groups excluding carboxylic acids is 1. The summed E-state index contributed by atoms with van der Waals surface area (Å²) in [6, 6.07) is 19.6. The molecule has 1 heterocycles. The Balaban J connectivity index is 1.77. The zero-order valence-corrected chi connectivity index (χ0v) is 22.7. The van der Waals surface area contributed by atoms with Crippen LogP contribution in [0.2, 0.25) is 0 Å². The topological polar surface area (TPSA) is 82.1 Å². The highest BCUT2D eigenvalue weighted by Crippen LogP contribution is 2.55. The van der Waals surface area contributed by atoms with E-state index in [1.807, 2.05) is 49.4 Å². The van der Waals surface area contributed by atoms with Crippen molar-refractivity contribution in [1.82, 2.24) is 4.31 Å². The summed E-state index contributed by atoms with van der Waals surface area (Å²) in [6.07, 6.45) is 2.37. The van der Waals surface area contributed by atoms with Crippen LogP contribution in [0.3, 0.4) is 0 Å². The van der Waals surface area contributed by atoms with Crippen molar-refractivity contribution in [3.63, 3.8) is 0 Å². The maximum absolute atomic E-state index is 14.3. The first-order valence-corrected chi connectivity index (χ1v) is 14.0. The van der Waals surface area contributed by atoms with Crippen LogP contribution in [0.5, 0.6) is 11.5 Å². The van der Waals surface area contributed by atoms with Gasteiger partial charge in [0.2, 0.25) is 0 Å². The van der Waals surface area contributed by atoms with Crippen molar-refractivity contribution in [2.24, 2.45) is 5.92 Å². The smallest absolute Gasteiger partial charge is 0.355 e. The van der Waals surface area contributed by atoms with Crippen LogP contribution in [-0.2, 0) is 26.0 Å². The standard InChI is InChI=1S/C30H31NO6S/c1-5-37-30(32)26-17-23(20-9-7-6-8-10-20)25-15-21-16-27(35-3)28(36-4)18-24(21)29(25)31(26)38(33,34)22-13-11-19(2)12-14-22/h6-14,16-18,23,25,29H,5,15H2,1-4H3/t23-,25-,29-/m1/s1. The lowest BCUT2D eigenvalue weighted by atomic mass is 9.78. The summed E-state index contributed by atoms with van der Waals surface area (Å²) in [6.45, 7) is 3.73. The highest BCUT2D eigenvalue weighted by Gasteiger charge is 2.51. The minimum absolute atomic E-state index is 0.0187. The van der Waals surface area contributed by atoms with Crippen LogP contribution in [0.15, 0.2) is 83.4 Å². The van der Waals surface area contributed by atoms with E-state index in [1.165, 1.54) is 4.31 Å². The molecule has 5 rings (SSSR count). The fraction of sp³-hybridized carbons (Fsp3) is 0.300. The molecule has 0 saturated carbocycles. The third-order valence-corrected chi connectivity index (χ3v) is 9.17. The summed E-state index contributed by atoms with van der Waals surface area (Å²) in [7, 11) is -1.01. The molecule has 38 heavy (non-hydrogen) atoms. The SMILES string of the molecule is CCOC(=O)C1=C[C@H](c2ccccc2)[C@H]2Cc3cc(OC)c(OC)cc3[C@H]2N1S(=O)(=O)c1ccc(C)cc1. The minimum atomic E-state index is -4.14. The molecule has 0 bridgehead atoms. The lowest BCUT2D eigenvalue weighted by Gasteiger charge is -2.42. The van der Waals surface area contributed by atoms with Gasteiger partial charge in [0.1, 0.15) is 5.70 Å². The Bertz CT molecular complexity index is 1480. The number of fused-ring (bicyclic) bond motifs is 3. The fourth-order valence-corrected chi connectivity index (χ4v) is 7.28. The average Bonchev–Trinajstić information content (AvgIpc) is 3.30. The molecule has 0 radical (unpaired) electrons. The quantitative estimate of drug-likeness (QED) is 0.390. The van der Waals surface area contributed by atoms with Gasteiger partial charge in [-0.2, -0.15) is 0 Å². The number of carbonyl (C=O) groups is 1. The molecule has 0 fully saturated rings. The van der Waals surface area contributed by atoms with Gasteiger partial charge in [-0.1, -0.05) is 48.0 Å². The van der Waals surface area contributed by atoms with E-state index in [1.54, 1.807) is 51.5 Å². The van der Waals surface area contributed by atoms with E-state index in [4.69, 9.17) is 14.2 Å². The number of aryl methyl sites for hydroxylation is 1. The van der Waals surface area contributed by atoms with Crippen LogP contribution in [0.4, 0.5) is 0 Å². The van der Waals surface area contributed by atoms with Crippen LogP contribution in [0, 0.1) is 12.8 Å². The molecule has 0 spiro atoms. The Hall–Kier alpha value is -3.78. The Morgan fingerprint density at radius 3 is 2.26 bits per heavy atom. The molecule has 8 heteroatoms. The number of allylic oxidation sites excluding steroid dienone is 1. The van der Waals surface area contributed by atoms with Crippen molar-refractivity contribution < 1.29 is 27.4 Å². The van der Waals surface area contributed by atoms with E-state index in [-0.39, 0.29) is 29.0 Å². The predicted molar refractivity (Wildman–Crippen MR) is 144 cm³/mol. The first-order chi connectivity index (χ1) is 18.3. The number of hydrogen-bond acceptors (Lipinski definition) is 6. The number of nitrogens with zero attached hydrogens (tertiary/aromatic N) is 1. The first kappa shape index (κ1) is 25.9. The lowest BCUT2D eigenvalue weighted by Crippen LogP contribution is -2.44. The van der Waals surface area contributed by atoms with Crippen molar-refractivity contribution in [1.29, 1.82) is 0 Å². The van der Waals surface area contributed by atoms with Gasteiger partial charge in [0, 0.05) is 5.92 Å². The van der Waals surface area contributed by atoms with Gasteiger partial charge in [-0.3, -0.25) is 4.31 Å². The molecular weight excluding hydrogens is 502 g/mol. The number of hydrogen-bond donors (Lipinski definition) is 0. The van der Waals surface area contributed by atoms with E-state index in [0.29, 0.717) is 17.9 Å². The van der Waals surface area contributed by atoms with E-state index in [0.717, 1.165) is 22.3 Å². The molecule has 7 nitrogen and oxygen atoms in total. The van der Waals surface area contributed by atoms with Crippen LogP contribution in [-0.4, -0.2) is 39.5 Å². The Morgan fingerprint density at radius 2 is 1.63 bits per heavy atom. The van der Waals surface area contributed by atoms with E-state index < -0.39 is 22.0 Å². The van der Waals surface area contributed by atoms with Gasteiger partial charge < -0.3 is 14.2 Å². The first-order valence-electron chi connectivity index (χ1n) is 12.6. The van der Waals surface area contributed by atoms with Crippen molar-refractivity contribution in [3.05, 3.63) is 101 Å². The van der Waals surface area contributed by atoms with Gasteiger partial charge in [-0.25, -0.2) is 13.2 Å². The Kier molecular flexibility index (Phi) is 6.92. The molecule has 198 valence electrons. The summed E-state index contributed by atoms with van der Waals surface area (Å²) >= 11 is 0. The molecule has 3 aromatic rings. The second-order valence-corrected chi connectivity index (χ2v) is 11.4. The molecule has 0 saturated heterocycles. The van der Waals surface area contributed by atoms with Gasteiger partial charge in [0.25, 0.3) is 10.0 Å². The summed E-state index contributed by atoms with van der Waals surface area (Å²) in [5.41, 5.74) is 3.71. The highest BCUT2D eigenvalue weighted by molar-refractivity contribution is 7.89. The normalized spacial score (nSPS) is 20.3. The predicted octanol–water partition coefficient (Wildman–Crippen LogP) is 5.16. The Labute approximate surface area is 223 Å². The van der Waals surface area contributed by atoms with Gasteiger partial charge >= 0.3 is 5.97 Å². The number of methoxy groups -OCH3 is 2. The van der Waals surface area contributed by atoms with E-state index in [2.05, 4.69) is 0 Å². The summed E-state index contributed by atoms with van der Waals surface area (Å²) in [4.78, 5) is 13.5. The zero-order valence-electron chi connectivity index (χ0n) is 21.9. The van der Waals surface area contributed by atoms with Gasteiger partial charge in [0.05, 0.1) is 31.8 Å². The van der Waals surface area contributed by atoms with Crippen molar-refractivity contribution in [2.75, 3.05) is 20.8 Å².